The minimum absolute atomic E-state index is 0.0968. The summed E-state index contributed by atoms with van der Waals surface area (Å²) in [6.45, 7) is 0.694. The van der Waals surface area contributed by atoms with Crippen LogP contribution in [0.1, 0.15) is 12.0 Å². The first kappa shape index (κ1) is 10.5. The zero-order chi connectivity index (χ0) is 11.5. The van der Waals surface area contributed by atoms with Gasteiger partial charge in [-0.25, -0.2) is 4.98 Å². The second-order valence-electron chi connectivity index (χ2n) is 3.86. The number of likely N-dealkylation sites (N-methyl/N-ethyl adjacent to an activating group) is 1. The van der Waals surface area contributed by atoms with E-state index in [1.54, 1.807) is 24.2 Å². The third kappa shape index (κ3) is 1.98. The fourth-order valence-electron chi connectivity index (χ4n) is 1.79. The number of aromatic nitrogens is 1. The SMILES string of the molecule is C#Cc1cccnc1NC1CC(=O)N(C)C1. The topological polar surface area (TPSA) is 45.2 Å². The zero-order valence-corrected chi connectivity index (χ0v) is 9.10. The molecule has 0 spiro atoms. The smallest absolute Gasteiger partial charge is 0.224 e. The minimum Gasteiger partial charge on any atom is -0.364 e. The number of carbonyl (C=O) groups excluding carboxylic acids is 1. The van der Waals surface area contributed by atoms with E-state index >= 15 is 0 Å². The number of likely N-dealkylation sites (tertiary alicyclic amines) is 1. The van der Waals surface area contributed by atoms with Crippen molar-refractivity contribution in [2.24, 2.45) is 0 Å². The predicted molar refractivity (Wildman–Crippen MR) is 61.8 cm³/mol. The molecule has 82 valence electrons. The van der Waals surface area contributed by atoms with Crippen molar-refractivity contribution in [3.63, 3.8) is 0 Å². The van der Waals surface area contributed by atoms with Gasteiger partial charge in [-0.15, -0.1) is 6.42 Å². The highest BCUT2D eigenvalue weighted by atomic mass is 16.2. The molecule has 0 saturated carbocycles. The van der Waals surface area contributed by atoms with Crippen LogP contribution >= 0.6 is 0 Å². The molecule has 4 heteroatoms. The zero-order valence-electron chi connectivity index (χ0n) is 9.10. The lowest BCUT2D eigenvalue weighted by Gasteiger charge is -2.13. The maximum absolute atomic E-state index is 11.4. The third-order valence-electron chi connectivity index (χ3n) is 2.65. The Hall–Kier alpha value is -2.02. The number of amides is 1. The highest BCUT2D eigenvalue weighted by molar-refractivity contribution is 5.79. The van der Waals surface area contributed by atoms with Crippen molar-refractivity contribution in [1.82, 2.24) is 9.88 Å². The molecule has 1 aromatic heterocycles. The molecule has 1 aliphatic heterocycles. The lowest BCUT2D eigenvalue weighted by atomic mass is 10.2. The molecule has 0 aliphatic carbocycles. The molecule has 1 N–H and O–H groups in total. The van der Waals surface area contributed by atoms with Gasteiger partial charge >= 0.3 is 0 Å². The normalized spacial score (nSPS) is 19.6. The molecule has 1 atom stereocenters. The molecule has 1 amide bonds. The van der Waals surface area contributed by atoms with Gasteiger partial charge in [0.05, 0.1) is 11.6 Å². The van der Waals surface area contributed by atoms with Crippen molar-refractivity contribution in [3.8, 4) is 12.3 Å². The lowest BCUT2D eigenvalue weighted by molar-refractivity contribution is -0.126. The van der Waals surface area contributed by atoms with E-state index in [0.717, 1.165) is 5.56 Å². The maximum Gasteiger partial charge on any atom is 0.224 e. The van der Waals surface area contributed by atoms with Crippen molar-refractivity contribution >= 4 is 11.7 Å². The molecular formula is C12H13N3O. The number of nitrogens with one attached hydrogen (secondary N) is 1. The number of nitrogens with zero attached hydrogens (tertiary/aromatic N) is 2. The molecule has 1 aromatic rings. The van der Waals surface area contributed by atoms with E-state index in [-0.39, 0.29) is 11.9 Å². The van der Waals surface area contributed by atoms with Gasteiger partial charge in [-0.1, -0.05) is 5.92 Å². The molecule has 0 bridgehead atoms. The van der Waals surface area contributed by atoms with E-state index in [4.69, 9.17) is 6.42 Å². The van der Waals surface area contributed by atoms with Gasteiger partial charge in [0.15, 0.2) is 0 Å². The molecule has 1 fully saturated rings. The molecule has 16 heavy (non-hydrogen) atoms. The summed E-state index contributed by atoms with van der Waals surface area (Å²) < 4.78 is 0. The molecule has 1 unspecified atom stereocenters. The van der Waals surface area contributed by atoms with Gasteiger partial charge in [-0.2, -0.15) is 0 Å². The largest absolute Gasteiger partial charge is 0.364 e. The van der Waals surface area contributed by atoms with E-state index in [1.807, 2.05) is 6.07 Å². The number of anilines is 1. The van der Waals surface area contributed by atoms with Crippen LogP contribution in [0.25, 0.3) is 0 Å². The summed E-state index contributed by atoms with van der Waals surface area (Å²) in [5, 5.41) is 3.21. The molecule has 1 saturated heterocycles. The minimum atomic E-state index is 0.0968. The first-order valence-corrected chi connectivity index (χ1v) is 5.13. The second kappa shape index (κ2) is 4.23. The van der Waals surface area contributed by atoms with Crippen molar-refractivity contribution in [1.29, 1.82) is 0 Å². The highest BCUT2D eigenvalue weighted by Crippen LogP contribution is 2.16. The summed E-state index contributed by atoms with van der Waals surface area (Å²) in [6, 6.07) is 3.72. The van der Waals surface area contributed by atoms with Crippen molar-refractivity contribution in [2.45, 2.75) is 12.5 Å². The second-order valence-corrected chi connectivity index (χ2v) is 3.86. The van der Waals surface area contributed by atoms with E-state index in [1.165, 1.54) is 0 Å². The Kier molecular flexibility index (Phi) is 2.78. The third-order valence-corrected chi connectivity index (χ3v) is 2.65. The van der Waals surface area contributed by atoms with E-state index in [0.29, 0.717) is 18.8 Å². The number of hydrogen-bond donors (Lipinski definition) is 1. The average molecular weight is 215 g/mol. The predicted octanol–water partition coefficient (Wildman–Crippen LogP) is 0.706. The summed E-state index contributed by atoms with van der Waals surface area (Å²) in [7, 11) is 1.80. The molecule has 2 rings (SSSR count). The van der Waals surface area contributed by atoms with Crippen LogP contribution in [0.5, 0.6) is 0 Å². The van der Waals surface area contributed by atoms with Crippen molar-refractivity contribution in [2.75, 3.05) is 18.9 Å². The van der Waals surface area contributed by atoms with Gasteiger partial charge < -0.3 is 10.2 Å². The van der Waals surface area contributed by atoms with Gasteiger partial charge in [0.25, 0.3) is 0 Å². The van der Waals surface area contributed by atoms with Gasteiger partial charge in [0, 0.05) is 26.2 Å². The Labute approximate surface area is 94.7 Å². The average Bonchev–Trinajstić information content (AvgIpc) is 2.59. The summed E-state index contributed by atoms with van der Waals surface area (Å²) in [4.78, 5) is 17.2. The summed E-state index contributed by atoms with van der Waals surface area (Å²) in [5.74, 6) is 3.40. The standard InChI is InChI=1S/C12H13N3O/c1-3-9-5-4-6-13-12(9)14-10-7-11(16)15(2)8-10/h1,4-6,10H,7-8H2,2H3,(H,13,14). The van der Waals surface area contributed by atoms with E-state index in [2.05, 4.69) is 16.2 Å². The van der Waals surface area contributed by atoms with Crippen LogP contribution < -0.4 is 5.32 Å². The van der Waals surface area contributed by atoms with Crippen LogP contribution in [0, 0.1) is 12.3 Å². The van der Waals surface area contributed by atoms with Crippen LogP contribution in [-0.4, -0.2) is 35.4 Å². The Morgan fingerprint density at radius 3 is 3.12 bits per heavy atom. The molecular weight excluding hydrogens is 202 g/mol. The van der Waals surface area contributed by atoms with Gasteiger partial charge in [-0.05, 0) is 12.1 Å². The molecule has 1 aliphatic rings. The van der Waals surface area contributed by atoms with E-state index in [9.17, 15) is 4.79 Å². The Balaban J connectivity index is 2.11. The van der Waals surface area contributed by atoms with E-state index < -0.39 is 0 Å². The van der Waals surface area contributed by atoms with Crippen LogP contribution in [0.3, 0.4) is 0 Å². The number of rotatable bonds is 2. The maximum atomic E-state index is 11.4. The number of terminal acetylenes is 1. The van der Waals surface area contributed by atoms with Crippen LogP contribution in [0.15, 0.2) is 18.3 Å². The fourth-order valence-corrected chi connectivity index (χ4v) is 1.79. The summed E-state index contributed by atoms with van der Waals surface area (Å²) >= 11 is 0. The van der Waals surface area contributed by atoms with Crippen LogP contribution in [-0.2, 0) is 4.79 Å². The van der Waals surface area contributed by atoms with Gasteiger partial charge in [0.1, 0.15) is 5.82 Å². The van der Waals surface area contributed by atoms with Gasteiger partial charge in [-0.3, -0.25) is 4.79 Å². The monoisotopic (exact) mass is 215 g/mol. The Bertz CT molecular complexity index is 450. The lowest BCUT2D eigenvalue weighted by Crippen LogP contribution is -2.24. The fraction of sp³-hybridized carbons (Fsp3) is 0.333. The summed E-state index contributed by atoms with van der Waals surface area (Å²) in [6.07, 6.45) is 7.55. The van der Waals surface area contributed by atoms with Gasteiger partial charge in [0.2, 0.25) is 5.91 Å². The number of pyridine rings is 1. The molecule has 0 radical (unpaired) electrons. The Morgan fingerprint density at radius 2 is 2.50 bits per heavy atom. The molecule has 2 heterocycles. The quantitative estimate of drug-likeness (QED) is 0.739. The van der Waals surface area contributed by atoms with Crippen molar-refractivity contribution in [3.05, 3.63) is 23.9 Å². The Morgan fingerprint density at radius 1 is 1.69 bits per heavy atom. The highest BCUT2D eigenvalue weighted by Gasteiger charge is 2.27. The summed E-state index contributed by atoms with van der Waals surface area (Å²) in [5.41, 5.74) is 0.726. The van der Waals surface area contributed by atoms with Crippen LogP contribution in [0.4, 0.5) is 5.82 Å². The number of carbonyl (C=O) groups is 1. The first-order chi connectivity index (χ1) is 7.70. The van der Waals surface area contributed by atoms with Crippen molar-refractivity contribution < 1.29 is 4.79 Å². The number of hydrogen-bond acceptors (Lipinski definition) is 3. The van der Waals surface area contributed by atoms with Crippen LogP contribution in [0.2, 0.25) is 0 Å². The first-order valence-electron chi connectivity index (χ1n) is 5.13. The molecule has 4 nitrogen and oxygen atoms in total. The molecule has 0 aromatic carbocycles.